The number of benzene rings is 1. The Morgan fingerprint density at radius 3 is 2.46 bits per heavy atom. The molecule has 26 heavy (non-hydrogen) atoms. The van der Waals surface area contributed by atoms with Crippen LogP contribution in [-0.2, 0) is 0 Å². The minimum absolute atomic E-state index is 0. The van der Waals surface area contributed by atoms with Crippen LogP contribution in [0.3, 0.4) is 0 Å². The molecule has 1 atom stereocenters. The third kappa shape index (κ3) is 6.76. The quantitative estimate of drug-likeness (QED) is 0.675. The molecule has 1 aromatic heterocycles. The number of ether oxygens (including phenoxy) is 1. The van der Waals surface area contributed by atoms with Crippen LogP contribution in [0.1, 0.15) is 36.1 Å². The van der Waals surface area contributed by atoms with Gasteiger partial charge in [0.1, 0.15) is 15.6 Å². The summed E-state index contributed by atoms with van der Waals surface area (Å²) in [5.74, 6) is 0.775. The van der Waals surface area contributed by atoms with Crippen molar-refractivity contribution < 1.29 is 9.53 Å². The van der Waals surface area contributed by atoms with Crippen LogP contribution in [0.5, 0.6) is 5.75 Å². The number of carbonyl (C=O) groups excluding carboxylic acids is 1. The summed E-state index contributed by atoms with van der Waals surface area (Å²) in [5.41, 5.74) is 1.75. The Hall–Kier alpha value is -1.34. The van der Waals surface area contributed by atoms with E-state index in [1.807, 2.05) is 38.1 Å². The normalized spacial score (nSPS) is 11.1. The van der Waals surface area contributed by atoms with E-state index < -0.39 is 0 Å². The van der Waals surface area contributed by atoms with Crippen LogP contribution < -0.4 is 15.4 Å². The zero-order chi connectivity index (χ0) is 17.5. The lowest BCUT2D eigenvalue weighted by molar-refractivity contribution is 0.0953. The number of hydrogen-bond acceptors (Lipinski definition) is 5. The van der Waals surface area contributed by atoms with Crippen LogP contribution in [0, 0.1) is 6.92 Å². The monoisotopic (exact) mass is 419 g/mol. The van der Waals surface area contributed by atoms with E-state index in [0.717, 1.165) is 28.6 Å². The van der Waals surface area contributed by atoms with Gasteiger partial charge in [0.25, 0.3) is 5.91 Å². The number of aromatic nitrogens is 1. The highest BCUT2D eigenvalue weighted by Crippen LogP contribution is 2.29. The molecule has 1 heterocycles. The zero-order valence-electron chi connectivity index (χ0n) is 15.5. The summed E-state index contributed by atoms with van der Waals surface area (Å²) in [6.45, 7) is 10.1. The first-order valence-electron chi connectivity index (χ1n) is 8.27. The second kappa shape index (κ2) is 12.1. The molecule has 0 spiro atoms. The largest absolute Gasteiger partial charge is 0.494 e. The van der Waals surface area contributed by atoms with Crippen molar-refractivity contribution in [3.63, 3.8) is 0 Å². The van der Waals surface area contributed by atoms with Gasteiger partial charge in [0.05, 0.1) is 12.3 Å². The zero-order valence-corrected chi connectivity index (χ0v) is 17.9. The van der Waals surface area contributed by atoms with Crippen molar-refractivity contribution in [1.29, 1.82) is 0 Å². The van der Waals surface area contributed by atoms with Crippen LogP contribution in [0.15, 0.2) is 24.3 Å². The Kier molecular flexibility index (Phi) is 11.5. The number of nitrogens with one attached hydrogen (secondary N) is 2. The van der Waals surface area contributed by atoms with Gasteiger partial charge < -0.3 is 15.4 Å². The Labute approximate surface area is 171 Å². The van der Waals surface area contributed by atoms with Crippen molar-refractivity contribution in [3.05, 3.63) is 34.8 Å². The highest BCUT2D eigenvalue weighted by Gasteiger charge is 2.16. The third-order valence-electron chi connectivity index (χ3n) is 3.54. The molecule has 0 aliphatic heterocycles. The highest BCUT2D eigenvalue weighted by atomic mass is 35.5. The van der Waals surface area contributed by atoms with E-state index in [1.54, 1.807) is 0 Å². The van der Waals surface area contributed by atoms with Gasteiger partial charge >= 0.3 is 0 Å². The van der Waals surface area contributed by atoms with Crippen LogP contribution >= 0.6 is 36.2 Å². The molecule has 2 rings (SSSR count). The minimum Gasteiger partial charge on any atom is -0.494 e. The molecule has 5 nitrogen and oxygen atoms in total. The van der Waals surface area contributed by atoms with Crippen LogP contribution in [0.25, 0.3) is 10.6 Å². The molecule has 0 unspecified atom stereocenters. The predicted octanol–water partition coefficient (Wildman–Crippen LogP) is 4.09. The summed E-state index contributed by atoms with van der Waals surface area (Å²) >= 11 is 1.42. The summed E-state index contributed by atoms with van der Waals surface area (Å²) in [6, 6.07) is 8.04. The van der Waals surface area contributed by atoms with E-state index in [-0.39, 0.29) is 36.8 Å². The summed E-state index contributed by atoms with van der Waals surface area (Å²) in [5, 5.41) is 7.09. The number of likely N-dealkylation sites (N-methyl/N-ethyl adjacent to an activating group) is 1. The fraction of sp³-hybridized carbons (Fsp3) is 0.444. The Balaban J connectivity index is 0.00000312. The maximum atomic E-state index is 12.4. The number of hydrogen-bond donors (Lipinski definition) is 2. The van der Waals surface area contributed by atoms with Crippen molar-refractivity contribution in [2.24, 2.45) is 0 Å². The van der Waals surface area contributed by atoms with Gasteiger partial charge in [0.2, 0.25) is 0 Å². The number of rotatable bonds is 8. The molecular weight excluding hydrogens is 393 g/mol. The summed E-state index contributed by atoms with van der Waals surface area (Å²) < 4.78 is 5.45. The standard InChI is InChI=1S/C18H25N3O2S.2ClH/c1-5-19-12(3)11-20-17(22)16-13(4)21-18(24-16)14-7-9-15(10-8-14)23-6-2;;/h7-10,12,19H,5-6,11H2,1-4H3,(H,20,22);2*1H/t12-;;/m1../s1. The van der Waals surface area contributed by atoms with Gasteiger partial charge in [-0.15, -0.1) is 36.2 Å². The molecule has 1 amide bonds. The topological polar surface area (TPSA) is 63.2 Å². The number of carbonyl (C=O) groups is 1. The number of thiazole rings is 1. The lowest BCUT2D eigenvalue weighted by atomic mass is 10.2. The lowest BCUT2D eigenvalue weighted by Gasteiger charge is -2.12. The maximum absolute atomic E-state index is 12.4. The van der Waals surface area contributed by atoms with Crippen molar-refractivity contribution >= 4 is 42.1 Å². The van der Waals surface area contributed by atoms with E-state index in [9.17, 15) is 4.79 Å². The lowest BCUT2D eigenvalue weighted by Crippen LogP contribution is -2.38. The molecule has 2 aromatic rings. The van der Waals surface area contributed by atoms with E-state index in [1.165, 1.54) is 11.3 Å². The molecule has 0 radical (unpaired) electrons. The van der Waals surface area contributed by atoms with Gasteiger partial charge in [-0.2, -0.15) is 0 Å². The Morgan fingerprint density at radius 1 is 1.23 bits per heavy atom. The molecule has 0 aliphatic rings. The van der Waals surface area contributed by atoms with Crippen molar-refractivity contribution in [2.75, 3.05) is 19.7 Å². The fourth-order valence-corrected chi connectivity index (χ4v) is 3.33. The van der Waals surface area contributed by atoms with Crippen LogP contribution in [0.4, 0.5) is 0 Å². The van der Waals surface area contributed by atoms with E-state index in [2.05, 4.69) is 29.5 Å². The maximum Gasteiger partial charge on any atom is 0.263 e. The number of amides is 1. The first kappa shape index (κ1) is 24.7. The molecule has 0 saturated carbocycles. The fourth-order valence-electron chi connectivity index (χ4n) is 2.34. The molecule has 0 bridgehead atoms. The van der Waals surface area contributed by atoms with E-state index in [0.29, 0.717) is 18.0 Å². The second-order valence-electron chi connectivity index (χ2n) is 5.56. The van der Waals surface area contributed by atoms with Crippen LogP contribution in [-0.4, -0.2) is 36.6 Å². The minimum atomic E-state index is -0.0630. The molecule has 0 fully saturated rings. The Bertz CT molecular complexity index is 678. The predicted molar refractivity (Wildman–Crippen MR) is 113 cm³/mol. The first-order chi connectivity index (χ1) is 11.5. The summed E-state index contributed by atoms with van der Waals surface area (Å²) in [6.07, 6.45) is 0. The van der Waals surface area contributed by atoms with Crippen molar-refractivity contribution in [1.82, 2.24) is 15.6 Å². The van der Waals surface area contributed by atoms with E-state index >= 15 is 0 Å². The number of nitrogens with zero attached hydrogens (tertiary/aromatic N) is 1. The van der Waals surface area contributed by atoms with Gasteiger partial charge in [0, 0.05) is 18.2 Å². The molecule has 0 aliphatic carbocycles. The van der Waals surface area contributed by atoms with Gasteiger partial charge in [-0.1, -0.05) is 6.92 Å². The molecule has 0 saturated heterocycles. The third-order valence-corrected chi connectivity index (χ3v) is 4.74. The smallest absolute Gasteiger partial charge is 0.263 e. The van der Waals surface area contributed by atoms with Crippen molar-refractivity contribution in [2.45, 2.75) is 33.7 Å². The van der Waals surface area contributed by atoms with Crippen molar-refractivity contribution in [3.8, 4) is 16.3 Å². The number of halogens is 2. The average Bonchev–Trinajstić information content (AvgIpc) is 2.96. The molecule has 8 heteroatoms. The van der Waals surface area contributed by atoms with Gasteiger partial charge in [-0.3, -0.25) is 4.79 Å². The highest BCUT2D eigenvalue weighted by molar-refractivity contribution is 7.17. The SMILES string of the molecule is CCN[C@H](C)CNC(=O)c1sc(-c2ccc(OCC)cc2)nc1C.Cl.Cl. The Morgan fingerprint density at radius 2 is 1.88 bits per heavy atom. The molecule has 2 N–H and O–H groups in total. The molecule has 1 aromatic carbocycles. The number of aryl methyl sites for hydroxylation is 1. The second-order valence-corrected chi connectivity index (χ2v) is 6.56. The summed E-state index contributed by atoms with van der Waals surface area (Å²) in [7, 11) is 0. The van der Waals surface area contributed by atoms with Gasteiger partial charge in [-0.25, -0.2) is 4.98 Å². The average molecular weight is 420 g/mol. The van der Waals surface area contributed by atoms with E-state index in [4.69, 9.17) is 4.74 Å². The summed E-state index contributed by atoms with van der Waals surface area (Å²) in [4.78, 5) is 17.6. The van der Waals surface area contributed by atoms with Gasteiger partial charge in [0.15, 0.2) is 0 Å². The van der Waals surface area contributed by atoms with Gasteiger partial charge in [-0.05, 0) is 51.6 Å². The van der Waals surface area contributed by atoms with Crippen LogP contribution in [0.2, 0.25) is 0 Å². The molecular formula is C18H27Cl2N3O2S. The molecule has 146 valence electrons. The first-order valence-corrected chi connectivity index (χ1v) is 9.09.